The monoisotopic (exact) mass is 336 g/mol. The number of esters is 1. The Morgan fingerprint density at radius 1 is 0.920 bits per heavy atom. The van der Waals surface area contributed by atoms with Crippen LogP contribution in [0, 0.1) is 10.1 Å². The molecule has 7 nitrogen and oxygen atoms in total. The molecule has 0 N–H and O–H groups in total. The van der Waals surface area contributed by atoms with E-state index >= 15 is 0 Å². The Balaban J connectivity index is 1.79. The molecule has 0 aliphatic heterocycles. The predicted molar refractivity (Wildman–Crippen MR) is 88.8 cm³/mol. The molecule has 0 radical (unpaired) electrons. The van der Waals surface area contributed by atoms with Crippen LogP contribution in [-0.4, -0.2) is 15.9 Å². The van der Waals surface area contributed by atoms with Gasteiger partial charge in [0, 0.05) is 18.3 Å². The minimum absolute atomic E-state index is 0.0886. The van der Waals surface area contributed by atoms with E-state index in [4.69, 9.17) is 9.47 Å². The van der Waals surface area contributed by atoms with E-state index in [1.54, 1.807) is 30.3 Å². The van der Waals surface area contributed by atoms with Crippen LogP contribution in [0.2, 0.25) is 0 Å². The van der Waals surface area contributed by atoms with Gasteiger partial charge >= 0.3 is 5.97 Å². The van der Waals surface area contributed by atoms with Crippen LogP contribution in [0.1, 0.15) is 10.4 Å². The molecule has 3 rings (SSSR count). The van der Waals surface area contributed by atoms with Crippen LogP contribution in [0.25, 0.3) is 0 Å². The van der Waals surface area contributed by atoms with Crippen molar-refractivity contribution in [1.29, 1.82) is 0 Å². The molecule has 124 valence electrons. The second kappa shape index (κ2) is 7.22. The normalized spacial score (nSPS) is 10.1. The first kappa shape index (κ1) is 16.1. The maximum Gasteiger partial charge on any atom is 0.349 e. The number of non-ortho nitro benzene ring substituents is 1. The number of para-hydroxylation sites is 1. The maximum absolute atomic E-state index is 12.4. The van der Waals surface area contributed by atoms with Gasteiger partial charge in [-0.15, -0.1) is 0 Å². The summed E-state index contributed by atoms with van der Waals surface area (Å²) < 4.78 is 10.8. The number of nitrogens with zero attached hydrogens (tertiary/aromatic N) is 2. The summed E-state index contributed by atoms with van der Waals surface area (Å²) in [7, 11) is 0. The molecular weight excluding hydrogens is 324 g/mol. The number of hydrogen-bond acceptors (Lipinski definition) is 6. The zero-order chi connectivity index (χ0) is 17.6. The zero-order valence-corrected chi connectivity index (χ0v) is 12.9. The third-order valence-electron chi connectivity index (χ3n) is 3.21. The number of nitro benzene ring substituents is 1. The summed E-state index contributed by atoms with van der Waals surface area (Å²) in [4.78, 5) is 26.5. The highest BCUT2D eigenvalue weighted by Gasteiger charge is 2.17. The van der Waals surface area contributed by atoms with Crippen LogP contribution in [0.5, 0.6) is 17.4 Å². The van der Waals surface area contributed by atoms with Crippen molar-refractivity contribution < 1.29 is 19.2 Å². The number of hydrogen-bond donors (Lipinski definition) is 0. The number of carbonyl (C=O) groups excluding carboxylic acids is 1. The number of benzene rings is 2. The first-order chi connectivity index (χ1) is 12.1. The number of carbonyl (C=O) groups is 1. The highest BCUT2D eigenvalue weighted by molar-refractivity contribution is 5.93. The van der Waals surface area contributed by atoms with Crippen LogP contribution >= 0.6 is 0 Å². The van der Waals surface area contributed by atoms with E-state index in [0.29, 0.717) is 5.75 Å². The van der Waals surface area contributed by atoms with Crippen molar-refractivity contribution in [2.45, 2.75) is 0 Å². The van der Waals surface area contributed by atoms with Crippen LogP contribution in [0.4, 0.5) is 5.69 Å². The Bertz CT molecular complexity index is 895. The quantitative estimate of drug-likeness (QED) is 0.303. The van der Waals surface area contributed by atoms with Gasteiger partial charge < -0.3 is 9.47 Å². The molecule has 0 atom stereocenters. The van der Waals surface area contributed by atoms with Crippen molar-refractivity contribution >= 4 is 11.7 Å². The fraction of sp³-hybridized carbons (Fsp3) is 0. The van der Waals surface area contributed by atoms with Crippen molar-refractivity contribution in [2.24, 2.45) is 0 Å². The molecule has 25 heavy (non-hydrogen) atoms. The fourth-order valence-electron chi connectivity index (χ4n) is 2.03. The van der Waals surface area contributed by atoms with E-state index in [2.05, 4.69) is 4.98 Å². The first-order valence-electron chi connectivity index (χ1n) is 7.28. The molecule has 0 spiro atoms. The molecule has 0 amide bonds. The number of ether oxygens (including phenoxy) is 2. The lowest BCUT2D eigenvalue weighted by molar-refractivity contribution is -0.384. The molecule has 2 aromatic carbocycles. The second-order valence-electron chi connectivity index (χ2n) is 4.91. The van der Waals surface area contributed by atoms with Crippen molar-refractivity contribution in [3.8, 4) is 17.4 Å². The minimum Gasteiger partial charge on any atom is -0.438 e. The van der Waals surface area contributed by atoms with Gasteiger partial charge in [0.25, 0.3) is 5.69 Å². The van der Waals surface area contributed by atoms with Gasteiger partial charge in [0.2, 0.25) is 5.88 Å². The Kier molecular flexibility index (Phi) is 4.66. The van der Waals surface area contributed by atoms with Gasteiger partial charge in [0.05, 0.1) is 4.92 Å². The maximum atomic E-state index is 12.4. The SMILES string of the molecule is O=C(Oc1ccc([N+](=O)[O-])cc1)c1cccnc1Oc1ccccc1. The van der Waals surface area contributed by atoms with Gasteiger partial charge in [-0.25, -0.2) is 9.78 Å². The van der Waals surface area contributed by atoms with Crippen LogP contribution in [0.3, 0.4) is 0 Å². The van der Waals surface area contributed by atoms with E-state index in [9.17, 15) is 14.9 Å². The fourth-order valence-corrected chi connectivity index (χ4v) is 2.03. The molecule has 0 aliphatic rings. The minimum atomic E-state index is -0.673. The molecule has 7 heteroatoms. The Hall–Kier alpha value is -3.74. The average Bonchev–Trinajstić information content (AvgIpc) is 2.63. The molecule has 3 aromatic rings. The highest BCUT2D eigenvalue weighted by atomic mass is 16.6. The topological polar surface area (TPSA) is 91.6 Å². The molecule has 0 saturated heterocycles. The molecular formula is C18H12N2O5. The predicted octanol–water partition coefficient (Wildman–Crippen LogP) is 4.00. The lowest BCUT2D eigenvalue weighted by Gasteiger charge is -2.09. The molecule has 1 heterocycles. The lowest BCUT2D eigenvalue weighted by Crippen LogP contribution is -2.10. The van der Waals surface area contributed by atoms with Crippen molar-refractivity contribution in [1.82, 2.24) is 4.98 Å². The van der Waals surface area contributed by atoms with E-state index in [-0.39, 0.29) is 22.9 Å². The van der Waals surface area contributed by atoms with Gasteiger partial charge in [-0.3, -0.25) is 10.1 Å². The zero-order valence-electron chi connectivity index (χ0n) is 12.9. The van der Waals surface area contributed by atoms with Crippen molar-refractivity contribution in [3.63, 3.8) is 0 Å². The van der Waals surface area contributed by atoms with Gasteiger partial charge in [0.1, 0.15) is 17.1 Å². The smallest absolute Gasteiger partial charge is 0.349 e. The number of rotatable bonds is 5. The highest BCUT2D eigenvalue weighted by Crippen LogP contribution is 2.24. The molecule has 0 unspecified atom stereocenters. The summed E-state index contributed by atoms with van der Waals surface area (Å²) in [5.41, 5.74) is 0.0546. The summed E-state index contributed by atoms with van der Waals surface area (Å²) in [6.07, 6.45) is 1.50. The van der Waals surface area contributed by atoms with Gasteiger partial charge in [-0.1, -0.05) is 18.2 Å². The van der Waals surface area contributed by atoms with Gasteiger partial charge in [-0.2, -0.15) is 0 Å². The number of pyridine rings is 1. The molecule has 0 bridgehead atoms. The third kappa shape index (κ3) is 3.97. The summed E-state index contributed by atoms with van der Waals surface area (Å²) in [6, 6.07) is 17.2. The van der Waals surface area contributed by atoms with Crippen LogP contribution in [0.15, 0.2) is 72.9 Å². The van der Waals surface area contributed by atoms with E-state index in [0.717, 1.165) is 0 Å². The largest absolute Gasteiger partial charge is 0.438 e. The van der Waals surface area contributed by atoms with E-state index in [1.807, 2.05) is 6.07 Å². The Morgan fingerprint density at radius 3 is 2.32 bits per heavy atom. The molecule has 0 fully saturated rings. The Labute approximate surface area is 142 Å². The summed E-state index contributed by atoms with van der Waals surface area (Å²) in [6.45, 7) is 0. The van der Waals surface area contributed by atoms with E-state index in [1.165, 1.54) is 36.5 Å². The average molecular weight is 336 g/mol. The summed E-state index contributed by atoms with van der Waals surface area (Å²) in [5, 5.41) is 10.6. The Morgan fingerprint density at radius 2 is 1.64 bits per heavy atom. The van der Waals surface area contributed by atoms with Crippen molar-refractivity contribution in [2.75, 3.05) is 0 Å². The van der Waals surface area contributed by atoms with Crippen molar-refractivity contribution in [3.05, 3.63) is 88.6 Å². The van der Waals surface area contributed by atoms with Gasteiger partial charge in [0.15, 0.2) is 0 Å². The van der Waals surface area contributed by atoms with Gasteiger partial charge in [-0.05, 0) is 36.4 Å². The second-order valence-corrected chi connectivity index (χ2v) is 4.91. The van der Waals surface area contributed by atoms with Crippen LogP contribution in [-0.2, 0) is 0 Å². The molecule has 1 aromatic heterocycles. The van der Waals surface area contributed by atoms with E-state index < -0.39 is 10.9 Å². The summed E-state index contributed by atoms with van der Waals surface area (Å²) in [5.74, 6) is 0.157. The lowest BCUT2D eigenvalue weighted by atomic mass is 10.2. The summed E-state index contributed by atoms with van der Waals surface area (Å²) >= 11 is 0. The molecule has 0 saturated carbocycles. The number of aromatic nitrogens is 1. The number of nitro groups is 1. The van der Waals surface area contributed by atoms with Crippen LogP contribution < -0.4 is 9.47 Å². The standard InChI is InChI=1S/C18H12N2O5/c21-18(25-15-10-8-13(9-11-15)20(22)23)16-7-4-12-19-17(16)24-14-5-2-1-3-6-14/h1-12H. The third-order valence-corrected chi connectivity index (χ3v) is 3.21. The molecule has 0 aliphatic carbocycles. The first-order valence-corrected chi connectivity index (χ1v) is 7.28.